The van der Waals surface area contributed by atoms with Crippen molar-refractivity contribution in [3.05, 3.63) is 0 Å². The molecule has 1 aliphatic carbocycles. The van der Waals surface area contributed by atoms with Crippen molar-refractivity contribution in [1.82, 2.24) is 0 Å². The minimum Gasteiger partial charge on any atom is -0.462 e. The largest absolute Gasteiger partial charge is 0.462 e. The fourth-order valence-corrected chi connectivity index (χ4v) is 1.03. The number of carbonyl (C=O) groups is 1. The zero-order valence-corrected chi connectivity index (χ0v) is 7.30. The molecule has 0 aromatic heterocycles. The van der Waals surface area contributed by atoms with E-state index >= 15 is 0 Å². The average molecular weight is 156 g/mol. The Morgan fingerprint density at radius 2 is 2.00 bits per heavy atom. The molecule has 0 aliphatic heterocycles. The summed E-state index contributed by atoms with van der Waals surface area (Å²) in [5, 5.41) is 0. The van der Waals surface area contributed by atoms with Gasteiger partial charge in [-0.2, -0.15) is 0 Å². The molecule has 0 bridgehead atoms. The first kappa shape index (κ1) is 8.57. The highest BCUT2D eigenvalue weighted by Gasteiger charge is 2.32. The Labute approximate surface area is 67.9 Å². The molecule has 1 saturated carbocycles. The molecule has 0 aromatic rings. The van der Waals surface area contributed by atoms with E-state index in [0.717, 1.165) is 25.7 Å². The van der Waals surface area contributed by atoms with Gasteiger partial charge in [-0.1, -0.05) is 13.8 Å². The van der Waals surface area contributed by atoms with Crippen molar-refractivity contribution in [2.45, 2.75) is 45.6 Å². The summed E-state index contributed by atoms with van der Waals surface area (Å²) in [6.07, 6.45) is 4.12. The monoisotopic (exact) mass is 156 g/mol. The lowest BCUT2D eigenvalue weighted by Crippen LogP contribution is -2.17. The summed E-state index contributed by atoms with van der Waals surface area (Å²) in [7, 11) is 0. The molecule has 0 heterocycles. The predicted molar refractivity (Wildman–Crippen MR) is 43.2 cm³/mol. The van der Waals surface area contributed by atoms with Gasteiger partial charge in [-0.3, -0.25) is 4.79 Å². The van der Waals surface area contributed by atoms with Crippen LogP contribution in [0.5, 0.6) is 0 Å². The average Bonchev–Trinajstić information content (AvgIpc) is 2.81. The third-order valence-electron chi connectivity index (χ3n) is 2.10. The fraction of sp³-hybridized carbons (Fsp3) is 0.889. The summed E-state index contributed by atoms with van der Waals surface area (Å²) < 4.78 is 5.23. The van der Waals surface area contributed by atoms with E-state index in [9.17, 15) is 4.79 Å². The first-order chi connectivity index (χ1) is 5.27. The van der Waals surface area contributed by atoms with E-state index in [1.165, 1.54) is 0 Å². The van der Waals surface area contributed by atoms with Crippen LogP contribution in [-0.2, 0) is 9.53 Å². The van der Waals surface area contributed by atoms with Gasteiger partial charge in [0.2, 0.25) is 0 Å². The summed E-state index contributed by atoms with van der Waals surface area (Å²) in [6.45, 7) is 4.10. The number of ether oxygens (including phenoxy) is 1. The number of esters is 1. The molecular formula is C9H16O2. The minimum absolute atomic E-state index is 0.0266. The Morgan fingerprint density at radius 1 is 1.45 bits per heavy atom. The second-order valence-electron chi connectivity index (χ2n) is 3.15. The van der Waals surface area contributed by atoms with Crippen molar-refractivity contribution in [2.75, 3.05) is 0 Å². The van der Waals surface area contributed by atoms with Gasteiger partial charge in [0.15, 0.2) is 0 Å². The van der Waals surface area contributed by atoms with Crippen LogP contribution in [0.2, 0.25) is 0 Å². The molecule has 1 fully saturated rings. The molecule has 64 valence electrons. The quantitative estimate of drug-likeness (QED) is 0.583. The van der Waals surface area contributed by atoms with Gasteiger partial charge in [0.25, 0.3) is 0 Å². The van der Waals surface area contributed by atoms with Crippen molar-refractivity contribution in [3.8, 4) is 0 Å². The number of rotatable bonds is 4. The zero-order chi connectivity index (χ0) is 8.27. The van der Waals surface area contributed by atoms with Gasteiger partial charge in [0.1, 0.15) is 6.10 Å². The molecule has 1 rings (SSSR count). The van der Waals surface area contributed by atoms with Crippen molar-refractivity contribution in [3.63, 3.8) is 0 Å². The topological polar surface area (TPSA) is 26.3 Å². The molecule has 1 aliphatic rings. The molecule has 0 aromatic carbocycles. The Morgan fingerprint density at radius 3 is 2.36 bits per heavy atom. The smallest absolute Gasteiger partial charge is 0.309 e. The van der Waals surface area contributed by atoms with Crippen LogP contribution in [0.15, 0.2) is 0 Å². The van der Waals surface area contributed by atoms with E-state index in [2.05, 4.69) is 0 Å². The van der Waals surface area contributed by atoms with Gasteiger partial charge in [0, 0.05) is 0 Å². The van der Waals surface area contributed by atoms with E-state index in [0.29, 0.717) is 0 Å². The number of hydrogen-bond acceptors (Lipinski definition) is 2. The van der Waals surface area contributed by atoms with Crippen molar-refractivity contribution in [2.24, 2.45) is 5.92 Å². The lowest BCUT2D eigenvalue weighted by molar-refractivity contribution is -0.150. The summed E-state index contributed by atoms with van der Waals surface area (Å²) in [6, 6.07) is 0. The Kier molecular flexibility index (Phi) is 2.92. The molecule has 2 nitrogen and oxygen atoms in total. The highest BCUT2D eigenvalue weighted by atomic mass is 16.5. The Hall–Kier alpha value is -0.530. The SMILES string of the molecule is CCC(CC)OC(=O)C1CC1. The minimum atomic E-state index is 0.0266. The molecule has 0 amide bonds. The van der Waals surface area contributed by atoms with E-state index in [1.807, 2.05) is 13.8 Å². The van der Waals surface area contributed by atoms with Crippen LogP contribution < -0.4 is 0 Å². The maximum absolute atomic E-state index is 11.1. The molecule has 0 unspecified atom stereocenters. The van der Waals surface area contributed by atoms with Crippen LogP contribution in [-0.4, -0.2) is 12.1 Å². The highest BCUT2D eigenvalue weighted by molar-refractivity contribution is 5.75. The summed E-state index contributed by atoms with van der Waals surface area (Å²) in [5.74, 6) is 0.272. The van der Waals surface area contributed by atoms with E-state index < -0.39 is 0 Å². The summed E-state index contributed by atoms with van der Waals surface area (Å²) in [5.41, 5.74) is 0. The number of carbonyl (C=O) groups excluding carboxylic acids is 1. The fourth-order valence-electron chi connectivity index (χ4n) is 1.03. The van der Waals surface area contributed by atoms with Gasteiger partial charge < -0.3 is 4.74 Å². The molecular weight excluding hydrogens is 140 g/mol. The van der Waals surface area contributed by atoms with Crippen LogP contribution in [0.1, 0.15) is 39.5 Å². The molecule has 0 atom stereocenters. The zero-order valence-electron chi connectivity index (χ0n) is 7.30. The maximum atomic E-state index is 11.1. The Balaban J connectivity index is 2.20. The molecule has 2 heteroatoms. The van der Waals surface area contributed by atoms with Crippen molar-refractivity contribution in [1.29, 1.82) is 0 Å². The second kappa shape index (κ2) is 3.74. The van der Waals surface area contributed by atoms with Crippen LogP contribution in [0.3, 0.4) is 0 Å². The Bertz CT molecular complexity index is 134. The van der Waals surface area contributed by atoms with Gasteiger partial charge in [-0.05, 0) is 25.7 Å². The van der Waals surface area contributed by atoms with Gasteiger partial charge in [-0.25, -0.2) is 0 Å². The van der Waals surface area contributed by atoms with Crippen molar-refractivity contribution < 1.29 is 9.53 Å². The van der Waals surface area contributed by atoms with Crippen LogP contribution in [0.25, 0.3) is 0 Å². The molecule has 0 spiro atoms. The molecule has 11 heavy (non-hydrogen) atoms. The van der Waals surface area contributed by atoms with Gasteiger partial charge >= 0.3 is 5.97 Å². The lowest BCUT2D eigenvalue weighted by Gasteiger charge is -2.13. The normalized spacial score (nSPS) is 17.0. The lowest BCUT2D eigenvalue weighted by atomic mass is 10.2. The third kappa shape index (κ3) is 2.52. The third-order valence-corrected chi connectivity index (χ3v) is 2.10. The van der Waals surface area contributed by atoms with Gasteiger partial charge in [0.05, 0.1) is 5.92 Å². The van der Waals surface area contributed by atoms with E-state index in [4.69, 9.17) is 4.74 Å². The summed E-state index contributed by atoms with van der Waals surface area (Å²) in [4.78, 5) is 11.1. The predicted octanol–water partition coefficient (Wildman–Crippen LogP) is 2.13. The maximum Gasteiger partial charge on any atom is 0.309 e. The first-order valence-corrected chi connectivity index (χ1v) is 4.48. The molecule has 0 saturated heterocycles. The van der Waals surface area contributed by atoms with Gasteiger partial charge in [-0.15, -0.1) is 0 Å². The van der Waals surface area contributed by atoms with E-state index in [1.54, 1.807) is 0 Å². The first-order valence-electron chi connectivity index (χ1n) is 4.48. The second-order valence-corrected chi connectivity index (χ2v) is 3.15. The number of hydrogen-bond donors (Lipinski definition) is 0. The van der Waals surface area contributed by atoms with Crippen LogP contribution >= 0.6 is 0 Å². The standard InChI is InChI=1S/C9H16O2/c1-3-8(4-2)11-9(10)7-5-6-7/h7-8H,3-6H2,1-2H3. The molecule has 0 radical (unpaired) electrons. The highest BCUT2D eigenvalue weighted by Crippen LogP contribution is 2.30. The van der Waals surface area contributed by atoms with E-state index in [-0.39, 0.29) is 18.0 Å². The molecule has 0 N–H and O–H groups in total. The van der Waals surface area contributed by atoms with Crippen LogP contribution in [0.4, 0.5) is 0 Å². The van der Waals surface area contributed by atoms with Crippen molar-refractivity contribution >= 4 is 5.97 Å². The summed E-state index contributed by atoms with van der Waals surface area (Å²) >= 11 is 0. The van der Waals surface area contributed by atoms with Crippen LogP contribution in [0, 0.1) is 5.92 Å².